The normalized spacial score (nSPS) is 27.2. The highest BCUT2D eigenvalue weighted by atomic mass is 79.9. The molecule has 1 atom stereocenters. The van der Waals surface area contributed by atoms with Gasteiger partial charge in [-0.15, -0.1) is 0 Å². The molecule has 1 nitrogen and oxygen atoms in total. The summed E-state index contributed by atoms with van der Waals surface area (Å²) in [6.45, 7) is 2.23. The molecule has 1 unspecified atom stereocenters. The van der Waals surface area contributed by atoms with Crippen LogP contribution in [0.5, 0.6) is 0 Å². The summed E-state index contributed by atoms with van der Waals surface area (Å²) in [5.41, 5.74) is 0. The van der Waals surface area contributed by atoms with E-state index in [0.717, 1.165) is 6.42 Å². The van der Waals surface area contributed by atoms with Crippen molar-refractivity contribution in [2.45, 2.75) is 37.1 Å². The van der Waals surface area contributed by atoms with E-state index in [0.29, 0.717) is 0 Å². The molecule has 0 saturated heterocycles. The first-order chi connectivity index (χ1) is 5.77. The lowest BCUT2D eigenvalue weighted by molar-refractivity contribution is 0.545. The highest BCUT2D eigenvalue weighted by Gasteiger charge is 2.21. The van der Waals surface area contributed by atoms with Crippen LogP contribution in [0, 0.1) is 0 Å². The molecular formula is C10H16BrN. The SMILES string of the molecule is CCCCCC1(Br)C=CC=CN1. The predicted molar refractivity (Wildman–Crippen MR) is 57.2 cm³/mol. The third-order valence-corrected chi connectivity index (χ3v) is 2.92. The summed E-state index contributed by atoms with van der Waals surface area (Å²) < 4.78 is 0.0247. The van der Waals surface area contributed by atoms with Gasteiger partial charge < -0.3 is 5.32 Å². The fourth-order valence-corrected chi connectivity index (χ4v) is 1.85. The van der Waals surface area contributed by atoms with E-state index in [4.69, 9.17) is 0 Å². The summed E-state index contributed by atoms with van der Waals surface area (Å²) >= 11 is 3.68. The molecule has 2 heteroatoms. The molecule has 0 bridgehead atoms. The smallest absolute Gasteiger partial charge is 0.111 e. The van der Waals surface area contributed by atoms with Crippen LogP contribution >= 0.6 is 15.9 Å². The molecule has 1 aliphatic rings. The van der Waals surface area contributed by atoms with Gasteiger partial charge in [-0.05, 0) is 31.2 Å². The lowest BCUT2D eigenvalue weighted by Crippen LogP contribution is -2.34. The Kier molecular flexibility index (Phi) is 3.86. The minimum atomic E-state index is 0.0247. The van der Waals surface area contributed by atoms with Crippen molar-refractivity contribution in [1.82, 2.24) is 5.32 Å². The van der Waals surface area contributed by atoms with Gasteiger partial charge in [0.25, 0.3) is 0 Å². The highest BCUT2D eigenvalue weighted by molar-refractivity contribution is 9.10. The number of unbranched alkanes of at least 4 members (excludes halogenated alkanes) is 2. The molecule has 0 fully saturated rings. The van der Waals surface area contributed by atoms with Crippen LogP contribution < -0.4 is 5.32 Å². The zero-order valence-electron chi connectivity index (χ0n) is 7.52. The minimum absolute atomic E-state index is 0.0247. The van der Waals surface area contributed by atoms with Gasteiger partial charge in [-0.25, -0.2) is 0 Å². The Bertz CT molecular complexity index is 186. The largest absolute Gasteiger partial charge is 0.373 e. The van der Waals surface area contributed by atoms with E-state index in [1.165, 1.54) is 19.3 Å². The average Bonchev–Trinajstić information content (AvgIpc) is 2.06. The van der Waals surface area contributed by atoms with Crippen molar-refractivity contribution in [2.24, 2.45) is 0 Å². The topological polar surface area (TPSA) is 12.0 Å². The Morgan fingerprint density at radius 3 is 2.75 bits per heavy atom. The molecule has 1 aliphatic heterocycles. The third kappa shape index (κ3) is 3.02. The zero-order chi connectivity index (χ0) is 8.86. The van der Waals surface area contributed by atoms with Crippen LogP contribution in [0.2, 0.25) is 0 Å². The Morgan fingerprint density at radius 1 is 1.33 bits per heavy atom. The van der Waals surface area contributed by atoms with Gasteiger partial charge in [-0.3, -0.25) is 0 Å². The zero-order valence-corrected chi connectivity index (χ0v) is 9.10. The second-order valence-electron chi connectivity index (χ2n) is 3.18. The number of allylic oxidation sites excluding steroid dienone is 2. The van der Waals surface area contributed by atoms with Crippen molar-refractivity contribution in [2.75, 3.05) is 0 Å². The average molecular weight is 230 g/mol. The second kappa shape index (κ2) is 4.70. The Labute approximate surface area is 83.1 Å². The van der Waals surface area contributed by atoms with E-state index >= 15 is 0 Å². The summed E-state index contributed by atoms with van der Waals surface area (Å²) in [7, 11) is 0. The van der Waals surface area contributed by atoms with Gasteiger partial charge in [0.1, 0.15) is 4.45 Å². The van der Waals surface area contributed by atoms with Gasteiger partial charge in [0.05, 0.1) is 0 Å². The number of dihydropyridines is 1. The maximum Gasteiger partial charge on any atom is 0.111 e. The molecule has 0 saturated carbocycles. The minimum Gasteiger partial charge on any atom is -0.373 e. The maximum atomic E-state index is 3.68. The van der Waals surface area contributed by atoms with E-state index in [-0.39, 0.29) is 4.45 Å². The van der Waals surface area contributed by atoms with Crippen molar-refractivity contribution < 1.29 is 0 Å². The van der Waals surface area contributed by atoms with Gasteiger partial charge in [0.2, 0.25) is 0 Å². The Morgan fingerprint density at radius 2 is 2.17 bits per heavy atom. The van der Waals surface area contributed by atoms with E-state index in [9.17, 15) is 0 Å². The highest BCUT2D eigenvalue weighted by Crippen LogP contribution is 2.25. The Balaban J connectivity index is 2.29. The molecule has 1 heterocycles. The lowest BCUT2D eigenvalue weighted by atomic mass is 10.1. The van der Waals surface area contributed by atoms with Crippen LogP contribution in [0.1, 0.15) is 32.6 Å². The molecule has 0 amide bonds. The standard InChI is InChI=1S/C10H16BrN/c1-2-3-4-7-10(11)8-5-6-9-12-10/h5-6,8-9,12H,2-4,7H2,1H3. The first-order valence-electron chi connectivity index (χ1n) is 4.58. The molecule has 0 aromatic carbocycles. The van der Waals surface area contributed by atoms with Crippen LogP contribution in [0.4, 0.5) is 0 Å². The fourth-order valence-electron chi connectivity index (χ4n) is 1.29. The van der Waals surface area contributed by atoms with Crippen LogP contribution in [-0.2, 0) is 0 Å². The maximum absolute atomic E-state index is 3.68. The van der Waals surface area contributed by atoms with Crippen molar-refractivity contribution in [3.05, 3.63) is 24.4 Å². The Hall–Kier alpha value is -0.240. The number of rotatable bonds is 4. The molecular weight excluding hydrogens is 214 g/mol. The van der Waals surface area contributed by atoms with Gasteiger partial charge in [-0.2, -0.15) is 0 Å². The number of nitrogens with one attached hydrogen (secondary N) is 1. The number of halogens is 1. The number of alkyl halides is 1. The number of hydrogen-bond acceptors (Lipinski definition) is 1. The van der Waals surface area contributed by atoms with Crippen molar-refractivity contribution in [1.29, 1.82) is 0 Å². The third-order valence-electron chi connectivity index (χ3n) is 2.04. The molecule has 1 rings (SSSR count). The van der Waals surface area contributed by atoms with E-state index in [1.54, 1.807) is 0 Å². The van der Waals surface area contributed by atoms with Gasteiger partial charge >= 0.3 is 0 Å². The summed E-state index contributed by atoms with van der Waals surface area (Å²) in [5.74, 6) is 0. The summed E-state index contributed by atoms with van der Waals surface area (Å²) in [6.07, 6.45) is 13.3. The van der Waals surface area contributed by atoms with Gasteiger partial charge in [0.15, 0.2) is 0 Å². The van der Waals surface area contributed by atoms with Crippen LogP contribution in [0.15, 0.2) is 24.4 Å². The van der Waals surface area contributed by atoms with E-state index in [1.807, 2.05) is 12.3 Å². The first kappa shape index (κ1) is 9.85. The van der Waals surface area contributed by atoms with Crippen molar-refractivity contribution in [3.63, 3.8) is 0 Å². The van der Waals surface area contributed by atoms with Crippen LogP contribution in [0.25, 0.3) is 0 Å². The first-order valence-corrected chi connectivity index (χ1v) is 5.37. The molecule has 0 spiro atoms. The van der Waals surface area contributed by atoms with E-state index < -0.39 is 0 Å². The second-order valence-corrected chi connectivity index (χ2v) is 4.60. The molecule has 1 N–H and O–H groups in total. The lowest BCUT2D eigenvalue weighted by Gasteiger charge is -2.26. The van der Waals surface area contributed by atoms with E-state index in [2.05, 4.69) is 40.3 Å². The summed E-state index contributed by atoms with van der Waals surface area (Å²) in [4.78, 5) is 0. The quantitative estimate of drug-likeness (QED) is 0.443. The predicted octanol–water partition coefficient (Wildman–Crippen LogP) is 3.33. The van der Waals surface area contributed by atoms with Gasteiger partial charge in [-0.1, -0.05) is 41.8 Å². The summed E-state index contributed by atoms with van der Waals surface area (Å²) in [5, 5.41) is 3.30. The molecule has 12 heavy (non-hydrogen) atoms. The van der Waals surface area contributed by atoms with Crippen LogP contribution in [0.3, 0.4) is 0 Å². The van der Waals surface area contributed by atoms with Crippen molar-refractivity contribution >= 4 is 15.9 Å². The summed E-state index contributed by atoms with van der Waals surface area (Å²) in [6, 6.07) is 0. The molecule has 0 radical (unpaired) electrons. The van der Waals surface area contributed by atoms with Crippen molar-refractivity contribution in [3.8, 4) is 0 Å². The number of hydrogen-bond donors (Lipinski definition) is 1. The molecule has 68 valence electrons. The monoisotopic (exact) mass is 229 g/mol. The molecule has 0 aromatic heterocycles. The fraction of sp³-hybridized carbons (Fsp3) is 0.600. The van der Waals surface area contributed by atoms with Gasteiger partial charge in [0, 0.05) is 0 Å². The van der Waals surface area contributed by atoms with Crippen LogP contribution in [-0.4, -0.2) is 4.45 Å². The molecule has 0 aliphatic carbocycles. The molecule has 0 aromatic rings.